The highest BCUT2D eigenvalue weighted by molar-refractivity contribution is 9.10. The molecule has 3 rings (SSSR count). The minimum absolute atomic E-state index is 0.252. The highest BCUT2D eigenvalue weighted by Crippen LogP contribution is 2.39. The maximum Gasteiger partial charge on any atom is 0.255 e. The number of aliphatic hydroxyl groups excluding tert-OH is 1. The highest BCUT2D eigenvalue weighted by atomic mass is 79.9. The van der Waals surface area contributed by atoms with Crippen molar-refractivity contribution in [3.63, 3.8) is 0 Å². The standard InChI is InChI=1S/C18H18BrNO4/c1-2-15(21)13-9-16-17(24-7-6-23-16)10-14(13)20-18(22)11-4-3-5-12(19)8-11/h3-5,8-10,15,21H,2,6-7H2,1H3,(H,20,22). The lowest BCUT2D eigenvalue weighted by atomic mass is 10.0. The molecule has 0 bridgehead atoms. The van der Waals surface area contributed by atoms with Gasteiger partial charge in [-0.05, 0) is 30.7 Å². The minimum atomic E-state index is -0.696. The number of fused-ring (bicyclic) bond motifs is 1. The number of benzene rings is 2. The van der Waals surface area contributed by atoms with E-state index in [1.165, 1.54) is 0 Å². The summed E-state index contributed by atoms with van der Waals surface area (Å²) >= 11 is 3.36. The first-order valence-corrected chi connectivity index (χ1v) is 8.56. The van der Waals surface area contributed by atoms with Crippen LogP contribution < -0.4 is 14.8 Å². The molecule has 0 aliphatic carbocycles. The molecule has 0 radical (unpaired) electrons. The Kier molecular flexibility index (Phi) is 5.06. The quantitative estimate of drug-likeness (QED) is 0.828. The summed E-state index contributed by atoms with van der Waals surface area (Å²) in [6.07, 6.45) is -0.169. The van der Waals surface area contributed by atoms with Crippen molar-refractivity contribution >= 4 is 27.5 Å². The van der Waals surface area contributed by atoms with Crippen molar-refractivity contribution in [2.24, 2.45) is 0 Å². The summed E-state index contributed by atoms with van der Waals surface area (Å²) in [6, 6.07) is 10.6. The molecule has 126 valence electrons. The van der Waals surface area contributed by atoms with Gasteiger partial charge in [0.15, 0.2) is 11.5 Å². The van der Waals surface area contributed by atoms with Gasteiger partial charge in [-0.1, -0.05) is 28.9 Å². The minimum Gasteiger partial charge on any atom is -0.486 e. The Morgan fingerprint density at radius 3 is 2.62 bits per heavy atom. The number of carbonyl (C=O) groups is 1. The average Bonchev–Trinajstić information content (AvgIpc) is 2.60. The summed E-state index contributed by atoms with van der Waals surface area (Å²) in [5, 5.41) is 13.1. The van der Waals surface area contributed by atoms with Gasteiger partial charge in [0.25, 0.3) is 5.91 Å². The van der Waals surface area contributed by atoms with E-state index in [2.05, 4.69) is 21.2 Å². The number of rotatable bonds is 4. The van der Waals surface area contributed by atoms with E-state index in [-0.39, 0.29) is 5.91 Å². The first-order valence-electron chi connectivity index (χ1n) is 7.77. The van der Waals surface area contributed by atoms with Gasteiger partial charge in [0, 0.05) is 21.7 Å². The molecule has 2 aromatic carbocycles. The van der Waals surface area contributed by atoms with Crippen molar-refractivity contribution in [3.8, 4) is 11.5 Å². The Balaban J connectivity index is 1.94. The van der Waals surface area contributed by atoms with E-state index in [0.29, 0.717) is 47.9 Å². The highest BCUT2D eigenvalue weighted by Gasteiger charge is 2.21. The zero-order valence-electron chi connectivity index (χ0n) is 13.2. The summed E-state index contributed by atoms with van der Waals surface area (Å²) in [6.45, 7) is 2.81. The molecule has 1 aliphatic rings. The van der Waals surface area contributed by atoms with E-state index >= 15 is 0 Å². The van der Waals surface area contributed by atoms with Crippen molar-refractivity contribution in [2.45, 2.75) is 19.4 Å². The summed E-state index contributed by atoms with van der Waals surface area (Å²) in [7, 11) is 0. The lowest BCUT2D eigenvalue weighted by molar-refractivity contribution is 0.102. The second kappa shape index (κ2) is 7.23. The van der Waals surface area contributed by atoms with E-state index < -0.39 is 6.10 Å². The van der Waals surface area contributed by atoms with Crippen molar-refractivity contribution < 1.29 is 19.4 Å². The number of carbonyl (C=O) groups excluding carboxylic acids is 1. The van der Waals surface area contributed by atoms with Gasteiger partial charge >= 0.3 is 0 Å². The molecule has 2 aromatic rings. The third-order valence-electron chi connectivity index (χ3n) is 3.80. The van der Waals surface area contributed by atoms with Gasteiger partial charge in [-0.25, -0.2) is 0 Å². The van der Waals surface area contributed by atoms with Crippen LogP contribution in [0.2, 0.25) is 0 Å². The molecule has 5 nitrogen and oxygen atoms in total. The summed E-state index contributed by atoms with van der Waals surface area (Å²) < 4.78 is 12.0. The first kappa shape index (κ1) is 16.8. The molecule has 1 heterocycles. The predicted molar refractivity (Wildman–Crippen MR) is 94.8 cm³/mol. The Morgan fingerprint density at radius 1 is 1.25 bits per heavy atom. The van der Waals surface area contributed by atoms with E-state index in [4.69, 9.17) is 9.47 Å². The predicted octanol–water partition coefficient (Wildman–Crippen LogP) is 3.92. The molecule has 0 saturated carbocycles. The van der Waals surface area contributed by atoms with Crippen LogP contribution in [0.3, 0.4) is 0 Å². The third-order valence-corrected chi connectivity index (χ3v) is 4.29. The zero-order valence-corrected chi connectivity index (χ0v) is 14.8. The largest absolute Gasteiger partial charge is 0.486 e. The number of hydrogen-bond donors (Lipinski definition) is 2. The molecule has 0 aromatic heterocycles. The van der Waals surface area contributed by atoms with E-state index in [1.807, 2.05) is 13.0 Å². The van der Waals surface area contributed by atoms with Crippen molar-refractivity contribution in [2.75, 3.05) is 18.5 Å². The van der Waals surface area contributed by atoms with Gasteiger partial charge < -0.3 is 19.9 Å². The van der Waals surface area contributed by atoms with Crippen LogP contribution >= 0.6 is 15.9 Å². The average molecular weight is 392 g/mol. The van der Waals surface area contributed by atoms with Crippen molar-refractivity contribution in [1.82, 2.24) is 0 Å². The van der Waals surface area contributed by atoms with Gasteiger partial charge in [0.05, 0.1) is 11.8 Å². The molecular formula is C18H18BrNO4. The molecule has 0 saturated heterocycles. The third kappa shape index (κ3) is 3.55. The van der Waals surface area contributed by atoms with Gasteiger partial charge in [0.2, 0.25) is 0 Å². The fraction of sp³-hybridized carbons (Fsp3) is 0.278. The van der Waals surface area contributed by atoms with Crippen LogP contribution in [-0.4, -0.2) is 24.2 Å². The molecular weight excluding hydrogens is 374 g/mol. The summed E-state index contributed by atoms with van der Waals surface area (Å²) in [4.78, 5) is 12.5. The zero-order chi connectivity index (χ0) is 17.1. The van der Waals surface area contributed by atoms with E-state index in [0.717, 1.165) is 4.47 Å². The fourth-order valence-corrected chi connectivity index (χ4v) is 2.93. The van der Waals surface area contributed by atoms with Crippen LogP contribution in [0.25, 0.3) is 0 Å². The topological polar surface area (TPSA) is 67.8 Å². The molecule has 24 heavy (non-hydrogen) atoms. The van der Waals surface area contributed by atoms with Crippen LogP contribution in [0, 0.1) is 0 Å². The van der Waals surface area contributed by atoms with Gasteiger partial charge in [-0.15, -0.1) is 0 Å². The number of nitrogens with one attached hydrogen (secondary N) is 1. The Bertz CT molecular complexity index is 763. The molecule has 0 spiro atoms. The van der Waals surface area contributed by atoms with Gasteiger partial charge in [-0.2, -0.15) is 0 Å². The normalized spacial score (nSPS) is 14.1. The Morgan fingerprint density at radius 2 is 1.96 bits per heavy atom. The smallest absolute Gasteiger partial charge is 0.255 e. The van der Waals surface area contributed by atoms with E-state index in [1.54, 1.807) is 30.3 Å². The monoisotopic (exact) mass is 391 g/mol. The number of ether oxygens (including phenoxy) is 2. The molecule has 0 fully saturated rings. The fourth-order valence-electron chi connectivity index (χ4n) is 2.53. The maximum absolute atomic E-state index is 12.5. The molecule has 1 amide bonds. The Labute approximate surface area is 148 Å². The molecule has 6 heteroatoms. The number of anilines is 1. The SMILES string of the molecule is CCC(O)c1cc2c(cc1NC(=O)c1cccc(Br)c1)OCCO2. The first-order chi connectivity index (χ1) is 11.6. The van der Waals surface area contributed by atoms with Gasteiger partial charge in [-0.3, -0.25) is 4.79 Å². The second-order valence-electron chi connectivity index (χ2n) is 5.47. The summed E-state index contributed by atoms with van der Waals surface area (Å²) in [5.74, 6) is 0.902. The van der Waals surface area contributed by atoms with Crippen LogP contribution in [-0.2, 0) is 0 Å². The van der Waals surface area contributed by atoms with E-state index in [9.17, 15) is 9.90 Å². The molecule has 1 atom stereocenters. The second-order valence-corrected chi connectivity index (χ2v) is 6.39. The number of aliphatic hydroxyl groups is 1. The van der Waals surface area contributed by atoms with Crippen LogP contribution in [0.15, 0.2) is 40.9 Å². The molecule has 1 aliphatic heterocycles. The van der Waals surface area contributed by atoms with Crippen LogP contribution in [0.1, 0.15) is 35.4 Å². The maximum atomic E-state index is 12.5. The van der Waals surface area contributed by atoms with Crippen LogP contribution in [0.5, 0.6) is 11.5 Å². The lowest BCUT2D eigenvalue weighted by Crippen LogP contribution is -2.18. The molecule has 2 N–H and O–H groups in total. The van der Waals surface area contributed by atoms with Gasteiger partial charge in [0.1, 0.15) is 13.2 Å². The number of amides is 1. The molecule has 1 unspecified atom stereocenters. The summed E-state index contributed by atoms with van der Waals surface area (Å²) in [5.41, 5.74) is 1.67. The van der Waals surface area contributed by atoms with Crippen molar-refractivity contribution in [3.05, 3.63) is 52.0 Å². The number of hydrogen-bond acceptors (Lipinski definition) is 4. The van der Waals surface area contributed by atoms with Crippen LogP contribution in [0.4, 0.5) is 5.69 Å². The number of halogens is 1. The Hall–Kier alpha value is -2.05. The lowest BCUT2D eigenvalue weighted by Gasteiger charge is -2.23. The van der Waals surface area contributed by atoms with Crippen molar-refractivity contribution in [1.29, 1.82) is 0 Å².